The zero-order chi connectivity index (χ0) is 31.5. The van der Waals surface area contributed by atoms with Crippen LogP contribution in [0.25, 0.3) is 15.9 Å². The molecule has 0 saturated carbocycles. The Morgan fingerprint density at radius 1 is 1.02 bits per heavy atom. The van der Waals surface area contributed by atoms with E-state index in [1.54, 1.807) is 15.9 Å². The van der Waals surface area contributed by atoms with Gasteiger partial charge in [0.1, 0.15) is 16.3 Å². The van der Waals surface area contributed by atoms with Gasteiger partial charge in [0.05, 0.1) is 54.6 Å². The number of ether oxygens (including phenoxy) is 3. The van der Waals surface area contributed by atoms with Gasteiger partial charge in [-0.15, -0.1) is 11.3 Å². The third-order valence-electron chi connectivity index (χ3n) is 8.17. The van der Waals surface area contributed by atoms with Crippen molar-refractivity contribution in [2.75, 3.05) is 55.5 Å². The number of thioether (sulfide) groups is 1. The minimum Gasteiger partial charge on any atom is -0.492 e. The van der Waals surface area contributed by atoms with Crippen molar-refractivity contribution >= 4 is 50.6 Å². The highest BCUT2D eigenvalue weighted by molar-refractivity contribution is 7.99. The number of amides is 1. The molecule has 1 N–H and O–H groups in total. The zero-order valence-electron chi connectivity index (χ0n) is 26.4. The van der Waals surface area contributed by atoms with Crippen LogP contribution in [-0.2, 0) is 22.4 Å². The van der Waals surface area contributed by atoms with Crippen LogP contribution in [0.2, 0.25) is 0 Å². The van der Waals surface area contributed by atoms with E-state index in [1.165, 1.54) is 16.6 Å². The van der Waals surface area contributed by atoms with Crippen molar-refractivity contribution in [1.82, 2.24) is 9.55 Å². The summed E-state index contributed by atoms with van der Waals surface area (Å²) in [5, 5.41) is 4.28. The number of nitrogens with one attached hydrogen (secondary N) is 1. The molecule has 1 aliphatic heterocycles. The smallest absolute Gasteiger partial charge is 0.267 e. The van der Waals surface area contributed by atoms with Crippen LogP contribution < -0.4 is 25.2 Å². The maximum atomic E-state index is 14.2. The second-order valence-corrected chi connectivity index (χ2v) is 13.4. The first-order chi connectivity index (χ1) is 21.9. The third-order valence-corrected chi connectivity index (χ3v) is 10.3. The topological polar surface area (TPSA) is 94.9 Å². The van der Waals surface area contributed by atoms with Crippen molar-refractivity contribution in [3.05, 3.63) is 62.3 Å². The number of carbonyl (C=O) groups is 1. The second-order valence-electron chi connectivity index (χ2n) is 11.3. The van der Waals surface area contributed by atoms with Gasteiger partial charge in [0.2, 0.25) is 5.91 Å². The van der Waals surface area contributed by atoms with Gasteiger partial charge in [-0.25, -0.2) is 4.98 Å². The molecular formula is C34H40N4O5S2. The molecule has 0 bridgehead atoms. The van der Waals surface area contributed by atoms with Gasteiger partial charge < -0.3 is 24.4 Å². The van der Waals surface area contributed by atoms with Crippen molar-refractivity contribution in [2.45, 2.75) is 58.5 Å². The molecule has 4 aromatic rings. The number of fused-ring (bicyclic) bond motifs is 3. The fraction of sp³-hybridized carbons (Fsp3) is 0.441. The van der Waals surface area contributed by atoms with E-state index in [9.17, 15) is 9.59 Å². The molecule has 9 nitrogen and oxygen atoms in total. The van der Waals surface area contributed by atoms with E-state index < -0.39 is 0 Å². The van der Waals surface area contributed by atoms with E-state index in [0.717, 1.165) is 77.1 Å². The molecule has 6 rings (SSSR count). The summed E-state index contributed by atoms with van der Waals surface area (Å²) in [5.74, 6) is 1.10. The molecule has 0 atom stereocenters. The predicted molar refractivity (Wildman–Crippen MR) is 182 cm³/mol. The lowest BCUT2D eigenvalue weighted by Gasteiger charge is -2.31. The van der Waals surface area contributed by atoms with Crippen LogP contribution in [0, 0.1) is 13.8 Å². The summed E-state index contributed by atoms with van der Waals surface area (Å²) in [6.07, 6.45) is 4.11. The Bertz CT molecular complexity index is 1780. The van der Waals surface area contributed by atoms with E-state index in [1.807, 2.05) is 52.0 Å². The summed E-state index contributed by atoms with van der Waals surface area (Å²) >= 11 is 2.89. The molecule has 2 aromatic heterocycles. The molecule has 3 heterocycles. The maximum absolute atomic E-state index is 14.2. The molecule has 1 saturated heterocycles. The second kappa shape index (κ2) is 13.8. The van der Waals surface area contributed by atoms with Gasteiger partial charge in [0.15, 0.2) is 5.16 Å². The van der Waals surface area contributed by atoms with Crippen molar-refractivity contribution in [2.24, 2.45) is 0 Å². The number of hydrogen-bond donors (Lipinski definition) is 1. The number of nitrogens with zero attached hydrogens (tertiary/aromatic N) is 3. The van der Waals surface area contributed by atoms with Crippen molar-refractivity contribution in [3.8, 4) is 17.2 Å². The van der Waals surface area contributed by atoms with Gasteiger partial charge in [-0.3, -0.25) is 14.2 Å². The molecule has 0 radical (unpaired) electrons. The molecule has 11 heteroatoms. The lowest BCUT2D eigenvalue weighted by atomic mass is 9.97. The van der Waals surface area contributed by atoms with Gasteiger partial charge in [0.25, 0.3) is 5.56 Å². The SMILES string of the molecule is CCOc1cc(N2CCOCC2)c(OCC)cc1NC(=O)CSc1nc2sc3c(c2c(=O)n1-c1ccc(C)cc1C)CCCC3. The number of carbonyl (C=O) groups excluding carboxylic acids is 1. The quantitative estimate of drug-likeness (QED) is 0.158. The van der Waals surface area contributed by atoms with Crippen molar-refractivity contribution in [1.29, 1.82) is 0 Å². The lowest BCUT2D eigenvalue weighted by Crippen LogP contribution is -2.36. The minimum atomic E-state index is -0.227. The average molecular weight is 649 g/mol. The molecule has 1 fully saturated rings. The van der Waals surface area contributed by atoms with Gasteiger partial charge >= 0.3 is 0 Å². The van der Waals surface area contributed by atoms with Crippen LogP contribution in [0.1, 0.15) is 48.3 Å². The Labute approximate surface area is 271 Å². The molecular weight excluding hydrogens is 609 g/mol. The van der Waals surface area contributed by atoms with E-state index >= 15 is 0 Å². The number of anilines is 2. The number of benzene rings is 2. The summed E-state index contributed by atoms with van der Waals surface area (Å²) in [5.41, 5.74) is 5.45. The molecule has 0 unspecified atom stereocenters. The first-order valence-electron chi connectivity index (χ1n) is 15.7. The third kappa shape index (κ3) is 6.57. The fourth-order valence-corrected chi connectivity index (χ4v) is 8.22. The number of rotatable bonds is 10. The summed E-state index contributed by atoms with van der Waals surface area (Å²) in [6, 6.07) is 9.83. The summed E-state index contributed by atoms with van der Waals surface area (Å²) in [7, 11) is 0. The Morgan fingerprint density at radius 3 is 2.53 bits per heavy atom. The Morgan fingerprint density at radius 2 is 1.78 bits per heavy atom. The highest BCUT2D eigenvalue weighted by atomic mass is 32.2. The summed E-state index contributed by atoms with van der Waals surface area (Å²) in [4.78, 5) is 37.0. The molecule has 1 amide bonds. The lowest BCUT2D eigenvalue weighted by molar-refractivity contribution is -0.113. The van der Waals surface area contributed by atoms with Gasteiger partial charge in [0, 0.05) is 30.1 Å². The van der Waals surface area contributed by atoms with Crippen LogP contribution in [-0.4, -0.2) is 60.7 Å². The van der Waals surface area contributed by atoms with Gasteiger partial charge in [-0.05, 0) is 70.6 Å². The first kappa shape index (κ1) is 31.4. The summed E-state index contributed by atoms with van der Waals surface area (Å²) in [6.45, 7) is 11.6. The minimum absolute atomic E-state index is 0.0621. The maximum Gasteiger partial charge on any atom is 0.267 e. The van der Waals surface area contributed by atoms with Crippen LogP contribution in [0.4, 0.5) is 11.4 Å². The Kier molecular flexibility index (Phi) is 9.67. The molecule has 1 aliphatic carbocycles. The Hall–Kier alpha value is -3.54. The zero-order valence-corrected chi connectivity index (χ0v) is 28.0. The molecule has 238 valence electrons. The van der Waals surface area contributed by atoms with E-state index in [-0.39, 0.29) is 17.2 Å². The van der Waals surface area contributed by atoms with E-state index in [0.29, 0.717) is 48.8 Å². The van der Waals surface area contributed by atoms with E-state index in [4.69, 9.17) is 19.2 Å². The number of hydrogen-bond acceptors (Lipinski definition) is 9. The first-order valence-corrected chi connectivity index (χ1v) is 17.5. The van der Waals surface area contributed by atoms with Crippen LogP contribution in [0.5, 0.6) is 11.5 Å². The van der Waals surface area contributed by atoms with Crippen LogP contribution >= 0.6 is 23.1 Å². The Balaban J connectivity index is 1.32. The van der Waals surface area contributed by atoms with Crippen LogP contribution in [0.3, 0.4) is 0 Å². The number of aryl methyl sites for hydroxylation is 4. The van der Waals surface area contributed by atoms with Gasteiger partial charge in [-0.1, -0.05) is 29.5 Å². The molecule has 2 aromatic carbocycles. The van der Waals surface area contributed by atoms with Crippen molar-refractivity contribution < 1.29 is 19.0 Å². The van der Waals surface area contributed by atoms with Gasteiger partial charge in [-0.2, -0.15) is 0 Å². The number of morpholine rings is 1. The fourth-order valence-electron chi connectivity index (χ4n) is 6.11. The number of thiophene rings is 1. The molecule has 2 aliphatic rings. The van der Waals surface area contributed by atoms with Crippen molar-refractivity contribution in [3.63, 3.8) is 0 Å². The average Bonchev–Trinajstić information content (AvgIpc) is 3.41. The van der Waals surface area contributed by atoms with E-state index in [2.05, 4.69) is 16.3 Å². The highest BCUT2D eigenvalue weighted by Gasteiger charge is 2.25. The normalized spacial score (nSPS) is 14.8. The predicted octanol–water partition coefficient (Wildman–Crippen LogP) is 6.31. The largest absolute Gasteiger partial charge is 0.492 e. The summed E-state index contributed by atoms with van der Waals surface area (Å²) < 4.78 is 19.2. The van der Waals surface area contributed by atoms with Crippen LogP contribution in [0.15, 0.2) is 40.3 Å². The molecule has 45 heavy (non-hydrogen) atoms. The molecule has 0 spiro atoms. The highest BCUT2D eigenvalue weighted by Crippen LogP contribution is 2.40. The number of aromatic nitrogens is 2. The monoisotopic (exact) mass is 648 g/mol. The standard InChI is InChI=1S/C34H40N4O5S2/c1-5-42-27-19-26(37-13-15-41-16-14-37)28(43-6-2)18-24(27)35-30(39)20-44-34-36-32-31(23-9-7-8-10-29(23)45-32)33(40)38(34)25-12-11-21(3)17-22(25)4/h11-12,17-19H,5-10,13-16,20H2,1-4H3,(H,35,39).